The van der Waals surface area contributed by atoms with E-state index in [0.717, 1.165) is 42.8 Å². The van der Waals surface area contributed by atoms with Gasteiger partial charge in [0, 0.05) is 19.6 Å². The average Bonchev–Trinajstić information content (AvgIpc) is 3.53. The molecule has 0 atom stereocenters. The molecule has 2 aliphatic carbocycles. The first kappa shape index (κ1) is 21.3. The number of methoxy groups -OCH3 is 1. The maximum absolute atomic E-state index is 14.1. The van der Waals surface area contributed by atoms with Gasteiger partial charge < -0.3 is 14.5 Å². The third-order valence-corrected chi connectivity index (χ3v) is 7.69. The van der Waals surface area contributed by atoms with Crippen LogP contribution in [-0.4, -0.2) is 60.6 Å². The Morgan fingerprint density at radius 2 is 1.84 bits per heavy atom. The summed E-state index contributed by atoms with van der Waals surface area (Å²) < 4.78 is 19.3. The third kappa shape index (κ3) is 3.54. The summed E-state index contributed by atoms with van der Waals surface area (Å²) in [5.41, 5.74) is 1.66. The Kier molecular flexibility index (Phi) is 5.16. The number of ether oxygens (including phenoxy) is 1. The van der Waals surface area contributed by atoms with Crippen molar-refractivity contribution in [3.63, 3.8) is 0 Å². The van der Waals surface area contributed by atoms with Crippen LogP contribution in [0.15, 0.2) is 48.5 Å². The number of hydrogen-bond acceptors (Lipinski definition) is 3. The van der Waals surface area contributed by atoms with Crippen molar-refractivity contribution in [3.8, 4) is 5.75 Å². The zero-order valence-corrected chi connectivity index (χ0v) is 19.2. The smallest absolute Gasteiger partial charge is 0.320 e. The monoisotopic (exact) mass is 437 g/mol. The van der Waals surface area contributed by atoms with E-state index in [1.54, 1.807) is 19.2 Å². The van der Waals surface area contributed by atoms with E-state index in [1.807, 2.05) is 35.2 Å². The molecule has 1 saturated heterocycles. The van der Waals surface area contributed by atoms with Gasteiger partial charge in [-0.15, -0.1) is 0 Å². The number of halogens is 1. The van der Waals surface area contributed by atoms with Crippen LogP contribution in [0.5, 0.6) is 5.75 Å². The number of hydrogen-bond donors (Lipinski definition) is 0. The molecule has 170 valence electrons. The molecule has 1 spiro atoms. The largest absolute Gasteiger partial charge is 0.497 e. The fraction of sp³-hybridized carbons (Fsp3) is 0.500. The van der Waals surface area contributed by atoms with Crippen LogP contribution >= 0.6 is 0 Å². The molecule has 2 saturated carbocycles. The van der Waals surface area contributed by atoms with Gasteiger partial charge in [0.1, 0.15) is 11.6 Å². The van der Waals surface area contributed by atoms with Gasteiger partial charge in [0.15, 0.2) is 0 Å². The van der Waals surface area contributed by atoms with Crippen molar-refractivity contribution in [1.82, 2.24) is 14.7 Å². The maximum atomic E-state index is 14.1. The Labute approximate surface area is 189 Å². The first-order valence-corrected chi connectivity index (χ1v) is 11.5. The molecular formula is C26H32FN3O2. The molecule has 0 unspecified atom stereocenters. The predicted octanol–water partition coefficient (Wildman–Crippen LogP) is 4.47. The van der Waals surface area contributed by atoms with Crippen LogP contribution < -0.4 is 4.74 Å². The zero-order chi connectivity index (χ0) is 22.5. The van der Waals surface area contributed by atoms with Gasteiger partial charge >= 0.3 is 6.03 Å². The average molecular weight is 438 g/mol. The molecular weight excluding hydrogens is 405 g/mol. The number of carbonyl (C=O) groups excluding carboxylic acids is 1. The summed E-state index contributed by atoms with van der Waals surface area (Å²) in [6.45, 7) is 2.15. The number of urea groups is 1. The first-order valence-electron chi connectivity index (χ1n) is 11.5. The lowest BCUT2D eigenvalue weighted by atomic mass is 9.58. The standard InChI is InChI=1S/C26H32FN3O2/c1-28(2)26(21-5-4-6-22(27)13-21)16-25(17-26)18-29(24(31)30(25)15-20-7-8-20)14-19-9-11-23(32-3)12-10-19/h4-6,9-13,20H,7-8,14-18H2,1-3H3. The lowest BCUT2D eigenvalue weighted by Gasteiger charge is -2.60. The van der Waals surface area contributed by atoms with Crippen LogP contribution in [0.1, 0.15) is 36.8 Å². The molecule has 2 aromatic carbocycles. The van der Waals surface area contributed by atoms with E-state index in [0.29, 0.717) is 12.5 Å². The summed E-state index contributed by atoms with van der Waals surface area (Å²) >= 11 is 0. The molecule has 3 aliphatic rings. The van der Waals surface area contributed by atoms with E-state index >= 15 is 0 Å². The van der Waals surface area contributed by atoms with Crippen molar-refractivity contribution in [3.05, 3.63) is 65.5 Å². The van der Waals surface area contributed by atoms with Crippen molar-refractivity contribution in [2.24, 2.45) is 5.92 Å². The minimum absolute atomic E-state index is 0.138. The fourth-order valence-electron chi connectivity index (χ4n) is 5.68. The summed E-state index contributed by atoms with van der Waals surface area (Å²) in [7, 11) is 5.79. The summed E-state index contributed by atoms with van der Waals surface area (Å²) in [4.78, 5) is 19.9. The van der Waals surface area contributed by atoms with Crippen LogP contribution in [0.3, 0.4) is 0 Å². The van der Waals surface area contributed by atoms with Crippen LogP contribution in [0, 0.1) is 11.7 Å². The summed E-state index contributed by atoms with van der Waals surface area (Å²) in [6.07, 6.45) is 4.07. The van der Waals surface area contributed by atoms with Crippen LogP contribution in [0.2, 0.25) is 0 Å². The van der Waals surface area contributed by atoms with Crippen LogP contribution in [-0.2, 0) is 12.1 Å². The Balaban J connectivity index is 1.41. The Hall–Kier alpha value is -2.60. The molecule has 5 nitrogen and oxygen atoms in total. The highest BCUT2D eigenvalue weighted by atomic mass is 19.1. The van der Waals surface area contributed by atoms with Gasteiger partial charge in [0.2, 0.25) is 0 Å². The molecule has 2 aromatic rings. The van der Waals surface area contributed by atoms with Gasteiger partial charge in [-0.25, -0.2) is 9.18 Å². The third-order valence-electron chi connectivity index (χ3n) is 7.69. The van der Waals surface area contributed by atoms with Gasteiger partial charge in [0.05, 0.1) is 18.2 Å². The molecule has 5 rings (SSSR count). The second-order valence-corrected chi connectivity index (χ2v) is 10.1. The van der Waals surface area contributed by atoms with Crippen molar-refractivity contribution < 1.29 is 13.9 Å². The van der Waals surface area contributed by atoms with E-state index in [2.05, 4.69) is 23.9 Å². The Bertz CT molecular complexity index is 996. The number of rotatable bonds is 7. The van der Waals surface area contributed by atoms with Crippen LogP contribution in [0.4, 0.5) is 9.18 Å². The van der Waals surface area contributed by atoms with Gasteiger partial charge in [-0.2, -0.15) is 0 Å². The Morgan fingerprint density at radius 3 is 2.44 bits per heavy atom. The summed E-state index contributed by atoms with van der Waals surface area (Å²) in [6, 6.07) is 15.0. The van der Waals surface area contributed by atoms with E-state index in [1.165, 1.54) is 18.9 Å². The summed E-state index contributed by atoms with van der Waals surface area (Å²) in [5, 5.41) is 0. The highest BCUT2D eigenvalue weighted by Crippen LogP contribution is 2.57. The second kappa shape index (κ2) is 7.77. The predicted molar refractivity (Wildman–Crippen MR) is 122 cm³/mol. The van der Waals surface area contributed by atoms with E-state index < -0.39 is 0 Å². The maximum Gasteiger partial charge on any atom is 0.320 e. The number of nitrogens with zero attached hydrogens (tertiary/aromatic N) is 3. The molecule has 6 heteroatoms. The number of benzene rings is 2. The Morgan fingerprint density at radius 1 is 1.12 bits per heavy atom. The quantitative estimate of drug-likeness (QED) is 0.641. The topological polar surface area (TPSA) is 36.0 Å². The second-order valence-electron chi connectivity index (χ2n) is 10.1. The minimum Gasteiger partial charge on any atom is -0.497 e. The molecule has 2 amide bonds. The van der Waals surface area contributed by atoms with Gasteiger partial charge in [-0.05, 0) is 81.1 Å². The molecule has 32 heavy (non-hydrogen) atoms. The van der Waals surface area contributed by atoms with E-state index in [-0.39, 0.29) is 22.9 Å². The number of amides is 2. The zero-order valence-electron chi connectivity index (χ0n) is 19.2. The van der Waals surface area contributed by atoms with Gasteiger partial charge in [-0.1, -0.05) is 24.3 Å². The molecule has 3 fully saturated rings. The lowest BCUT2D eigenvalue weighted by molar-refractivity contribution is -0.0710. The molecule has 0 aromatic heterocycles. The van der Waals surface area contributed by atoms with Crippen molar-refractivity contribution in [2.45, 2.75) is 43.3 Å². The SMILES string of the molecule is COc1ccc(CN2CC3(CC(c4cccc(F)c4)(N(C)C)C3)N(CC3CC3)C2=O)cc1. The first-order chi connectivity index (χ1) is 15.3. The highest BCUT2D eigenvalue weighted by molar-refractivity contribution is 5.79. The normalized spacial score (nSPS) is 27.3. The molecule has 0 radical (unpaired) electrons. The van der Waals surface area contributed by atoms with Gasteiger partial charge in [0.25, 0.3) is 0 Å². The fourth-order valence-corrected chi connectivity index (χ4v) is 5.68. The minimum atomic E-state index is -0.250. The number of carbonyl (C=O) groups is 1. The van der Waals surface area contributed by atoms with Crippen molar-refractivity contribution >= 4 is 6.03 Å². The van der Waals surface area contributed by atoms with Crippen LogP contribution in [0.25, 0.3) is 0 Å². The van der Waals surface area contributed by atoms with E-state index in [4.69, 9.17) is 4.74 Å². The molecule has 0 N–H and O–H groups in total. The molecule has 0 bridgehead atoms. The van der Waals surface area contributed by atoms with E-state index in [9.17, 15) is 9.18 Å². The van der Waals surface area contributed by atoms with Crippen molar-refractivity contribution in [2.75, 3.05) is 34.3 Å². The van der Waals surface area contributed by atoms with Crippen molar-refractivity contribution in [1.29, 1.82) is 0 Å². The summed E-state index contributed by atoms with van der Waals surface area (Å²) in [5.74, 6) is 1.24. The molecule has 1 heterocycles. The lowest BCUT2D eigenvalue weighted by Crippen LogP contribution is -2.67. The van der Waals surface area contributed by atoms with Gasteiger partial charge in [-0.3, -0.25) is 4.90 Å². The molecule has 1 aliphatic heterocycles. The highest BCUT2D eigenvalue weighted by Gasteiger charge is 2.64.